The first-order chi connectivity index (χ1) is 15.0. The van der Waals surface area contributed by atoms with E-state index in [1.54, 1.807) is 0 Å². The molecule has 0 amide bonds. The van der Waals surface area contributed by atoms with Gasteiger partial charge in [0.05, 0.1) is 20.6 Å². The van der Waals surface area contributed by atoms with Gasteiger partial charge in [0.2, 0.25) is 5.43 Å². The number of Topliss-reactive ketones (excluding diaryl/α,β-unsaturated/α-hetero) is 1. The number of fused-ring (bicyclic) bond motifs is 2. The maximum atomic E-state index is 12.2. The third-order valence-corrected chi connectivity index (χ3v) is 6.17. The van der Waals surface area contributed by atoms with E-state index in [0.717, 1.165) is 12.1 Å². The Balaban J connectivity index is 2.36. The SMILES string of the molecule is CC(=O)c1cc(Cl)c(C(=O)O)c(-c2c3cc(Cl)c(=O)cc-3oc3cc([O-])c(Cl)cc23)c1Cl. The van der Waals surface area contributed by atoms with E-state index in [4.69, 9.17) is 50.8 Å². The molecular formula is C22H9Cl4O6-. The molecule has 0 spiro atoms. The highest BCUT2D eigenvalue weighted by Crippen LogP contribution is 2.48. The van der Waals surface area contributed by atoms with Gasteiger partial charge in [-0.05, 0) is 31.2 Å². The van der Waals surface area contributed by atoms with Crippen molar-refractivity contribution in [2.75, 3.05) is 0 Å². The van der Waals surface area contributed by atoms with E-state index in [1.807, 2.05) is 0 Å². The highest BCUT2D eigenvalue weighted by Gasteiger charge is 2.29. The quantitative estimate of drug-likeness (QED) is 0.261. The van der Waals surface area contributed by atoms with Gasteiger partial charge in [-0.1, -0.05) is 52.2 Å². The number of rotatable bonds is 3. The monoisotopic (exact) mass is 509 g/mol. The van der Waals surface area contributed by atoms with E-state index < -0.39 is 22.9 Å². The molecular weight excluding hydrogens is 502 g/mol. The second-order valence-electron chi connectivity index (χ2n) is 6.87. The van der Waals surface area contributed by atoms with E-state index in [9.17, 15) is 24.6 Å². The normalized spacial score (nSPS) is 11.3. The highest BCUT2D eigenvalue weighted by atomic mass is 35.5. The first-order valence-electron chi connectivity index (χ1n) is 8.84. The minimum absolute atomic E-state index is 0.0142. The molecule has 2 aliphatic rings. The van der Waals surface area contributed by atoms with Crippen LogP contribution in [0.2, 0.25) is 20.1 Å². The Bertz CT molecular complexity index is 1510. The number of aromatic carboxylic acids is 1. The lowest BCUT2D eigenvalue weighted by Crippen LogP contribution is -2.08. The molecule has 6 nitrogen and oxygen atoms in total. The van der Waals surface area contributed by atoms with Gasteiger partial charge in [-0.15, -0.1) is 0 Å². The van der Waals surface area contributed by atoms with Gasteiger partial charge >= 0.3 is 5.97 Å². The van der Waals surface area contributed by atoms with Gasteiger partial charge in [0, 0.05) is 38.7 Å². The first-order valence-corrected chi connectivity index (χ1v) is 10.4. The number of hydrogen-bond donors (Lipinski definition) is 1. The van der Waals surface area contributed by atoms with Crippen molar-refractivity contribution in [3.8, 4) is 28.2 Å². The molecule has 0 bridgehead atoms. The Labute approximate surface area is 199 Å². The zero-order valence-corrected chi connectivity index (χ0v) is 18.9. The van der Waals surface area contributed by atoms with Crippen LogP contribution < -0.4 is 10.5 Å². The lowest BCUT2D eigenvalue weighted by atomic mass is 9.89. The van der Waals surface area contributed by atoms with E-state index in [2.05, 4.69) is 0 Å². The van der Waals surface area contributed by atoms with Crippen molar-refractivity contribution >= 4 is 69.1 Å². The predicted molar refractivity (Wildman–Crippen MR) is 121 cm³/mol. The lowest BCUT2D eigenvalue weighted by molar-refractivity contribution is -0.268. The largest absolute Gasteiger partial charge is 0.871 e. The summed E-state index contributed by atoms with van der Waals surface area (Å²) >= 11 is 24.9. The zero-order valence-electron chi connectivity index (χ0n) is 15.9. The van der Waals surface area contributed by atoms with Crippen molar-refractivity contribution in [1.29, 1.82) is 0 Å². The van der Waals surface area contributed by atoms with E-state index in [0.29, 0.717) is 0 Å². The average Bonchev–Trinajstić information content (AvgIpc) is 2.70. The van der Waals surface area contributed by atoms with Crippen LogP contribution in [0, 0.1) is 0 Å². The Morgan fingerprint density at radius 3 is 2.25 bits per heavy atom. The van der Waals surface area contributed by atoms with Crippen molar-refractivity contribution < 1.29 is 24.2 Å². The van der Waals surface area contributed by atoms with Crippen LogP contribution in [0.5, 0.6) is 5.75 Å². The lowest BCUT2D eigenvalue weighted by Gasteiger charge is -2.21. The number of hydrogen-bond acceptors (Lipinski definition) is 5. The summed E-state index contributed by atoms with van der Waals surface area (Å²) in [5.74, 6) is -2.41. The van der Waals surface area contributed by atoms with Gasteiger partial charge in [-0.25, -0.2) is 4.79 Å². The summed E-state index contributed by atoms with van der Waals surface area (Å²) in [6.45, 7) is 1.25. The van der Waals surface area contributed by atoms with Gasteiger partial charge in [0.25, 0.3) is 0 Å². The van der Waals surface area contributed by atoms with Crippen molar-refractivity contribution in [3.63, 3.8) is 0 Å². The van der Waals surface area contributed by atoms with Crippen LogP contribution in [0.1, 0.15) is 27.6 Å². The summed E-state index contributed by atoms with van der Waals surface area (Å²) < 4.78 is 5.72. The molecule has 0 saturated heterocycles. The van der Waals surface area contributed by atoms with Gasteiger partial charge in [0.15, 0.2) is 5.78 Å². The molecule has 0 aromatic heterocycles. The van der Waals surface area contributed by atoms with E-state index in [1.165, 1.54) is 25.1 Å². The number of carbonyl (C=O) groups excluding carboxylic acids is 1. The summed E-state index contributed by atoms with van der Waals surface area (Å²) in [4.78, 5) is 36.5. The minimum atomic E-state index is -1.41. The molecule has 1 aliphatic carbocycles. The van der Waals surface area contributed by atoms with Crippen LogP contribution in [0.3, 0.4) is 0 Å². The maximum Gasteiger partial charge on any atom is 0.337 e. The molecule has 1 heterocycles. The van der Waals surface area contributed by atoms with Crippen LogP contribution in [-0.2, 0) is 0 Å². The molecule has 0 radical (unpaired) electrons. The van der Waals surface area contributed by atoms with Crippen molar-refractivity contribution in [3.05, 3.63) is 71.8 Å². The number of carbonyl (C=O) groups is 2. The van der Waals surface area contributed by atoms with Crippen molar-refractivity contribution in [2.24, 2.45) is 0 Å². The smallest absolute Gasteiger partial charge is 0.337 e. The van der Waals surface area contributed by atoms with Gasteiger partial charge in [-0.3, -0.25) is 9.59 Å². The molecule has 0 fully saturated rings. The topological polar surface area (TPSA) is 108 Å². The molecule has 0 saturated carbocycles. The van der Waals surface area contributed by atoms with Crippen LogP contribution in [-0.4, -0.2) is 16.9 Å². The van der Waals surface area contributed by atoms with Crippen LogP contribution in [0.4, 0.5) is 0 Å². The molecule has 1 aliphatic heterocycles. The van der Waals surface area contributed by atoms with Crippen molar-refractivity contribution in [2.45, 2.75) is 6.92 Å². The molecule has 1 N–H and O–H groups in total. The fourth-order valence-corrected chi connectivity index (χ4v) is 4.48. The number of benzene rings is 3. The van der Waals surface area contributed by atoms with Crippen LogP contribution >= 0.6 is 46.4 Å². The second kappa shape index (κ2) is 7.98. The van der Waals surface area contributed by atoms with Gasteiger partial charge in [0.1, 0.15) is 11.3 Å². The van der Waals surface area contributed by atoms with Crippen LogP contribution in [0.15, 0.2) is 39.5 Å². The summed E-state index contributed by atoms with van der Waals surface area (Å²) in [6, 6.07) is 5.94. The average molecular weight is 511 g/mol. The summed E-state index contributed by atoms with van der Waals surface area (Å²) in [5, 5.41) is 21.5. The highest BCUT2D eigenvalue weighted by molar-refractivity contribution is 6.42. The molecule has 162 valence electrons. The fraction of sp³-hybridized carbons (Fsp3) is 0.0455. The number of ketones is 1. The number of carboxylic acids is 1. The maximum absolute atomic E-state index is 12.2. The minimum Gasteiger partial charge on any atom is -0.871 e. The molecule has 4 rings (SSSR count). The van der Waals surface area contributed by atoms with Crippen LogP contribution in [0.25, 0.3) is 33.4 Å². The summed E-state index contributed by atoms with van der Waals surface area (Å²) in [5.41, 5.74) is -0.704. The number of carboxylic acid groups (broad SMARTS) is 1. The second-order valence-corrected chi connectivity index (χ2v) is 8.47. The van der Waals surface area contributed by atoms with E-state index >= 15 is 0 Å². The standard InChI is InChI=1S/C22H10Cl4O6/c1-7(27)8-2-13(25)19(22(30)31)20(21(8)26)18-9-3-11(23)14(28)5-16(9)32-17-6-15(29)12(24)4-10(17)18/h2-6,28H,1H3,(H,30,31)/p-1. The summed E-state index contributed by atoms with van der Waals surface area (Å²) in [6.07, 6.45) is 0. The first kappa shape index (κ1) is 22.4. The van der Waals surface area contributed by atoms with E-state index in [-0.39, 0.29) is 64.6 Å². The molecule has 2 aromatic carbocycles. The molecule has 10 heteroatoms. The fourth-order valence-electron chi connectivity index (χ4n) is 3.49. The van der Waals surface area contributed by atoms with Gasteiger partial charge < -0.3 is 14.6 Å². The molecule has 0 unspecified atom stereocenters. The summed E-state index contributed by atoms with van der Waals surface area (Å²) in [7, 11) is 0. The predicted octanol–water partition coefficient (Wildman–Crippen LogP) is 6.15. The third-order valence-electron chi connectivity index (χ3n) is 4.89. The zero-order chi connectivity index (χ0) is 23.5. The Morgan fingerprint density at radius 1 is 0.938 bits per heavy atom. The Hall–Kier alpha value is -2.77. The third kappa shape index (κ3) is 3.49. The molecule has 32 heavy (non-hydrogen) atoms. The van der Waals surface area contributed by atoms with Gasteiger partial charge in [-0.2, -0.15) is 0 Å². The molecule has 0 atom stereocenters. The van der Waals surface area contributed by atoms with Crippen molar-refractivity contribution in [1.82, 2.24) is 0 Å². The molecule has 2 aromatic rings. The number of halogens is 4. The Morgan fingerprint density at radius 2 is 1.62 bits per heavy atom. The Kier molecular flexibility index (Phi) is 5.59.